The average Bonchev–Trinajstić information content (AvgIpc) is 3.12. The fourth-order valence-electron chi connectivity index (χ4n) is 3.15. The lowest BCUT2D eigenvalue weighted by molar-refractivity contribution is -0.144. The molecule has 30 heavy (non-hydrogen) atoms. The summed E-state index contributed by atoms with van der Waals surface area (Å²) in [4.78, 5) is 61.6. The highest BCUT2D eigenvalue weighted by molar-refractivity contribution is 5.96. The zero-order valence-corrected chi connectivity index (χ0v) is 17.3. The van der Waals surface area contributed by atoms with E-state index in [1.807, 2.05) is 0 Å². The molecule has 1 rings (SSSR count). The Hall–Kier alpha value is -2.73. The molecular formula is C18H31N5O7. The van der Waals surface area contributed by atoms with Crippen LogP contribution < -0.4 is 22.1 Å². The SMILES string of the molecule is CC(C)C(NC(=O)C(CC(N)=O)NC(=O)C1CCCN1C(=O)C(N)C(C)O)C(=O)O. The second kappa shape index (κ2) is 10.9. The van der Waals surface area contributed by atoms with Crippen molar-refractivity contribution >= 4 is 29.6 Å². The predicted octanol–water partition coefficient (Wildman–Crippen LogP) is -2.73. The number of nitrogens with two attached hydrogens (primary N) is 2. The van der Waals surface area contributed by atoms with Gasteiger partial charge in [0, 0.05) is 6.54 Å². The average molecular weight is 429 g/mol. The minimum absolute atomic E-state index is 0.248. The Morgan fingerprint density at radius 1 is 1.13 bits per heavy atom. The number of carbonyl (C=O) groups is 5. The highest BCUT2D eigenvalue weighted by Gasteiger charge is 2.39. The lowest BCUT2D eigenvalue weighted by Gasteiger charge is -2.29. The standard InChI is InChI=1S/C18H31N5O7/c1-8(2)14(18(29)30)22-15(26)10(7-12(19)25)21-16(27)11-5-4-6-23(11)17(28)13(20)9(3)24/h8-11,13-14,24H,4-7,20H2,1-3H3,(H2,19,25)(H,21,27)(H,22,26)(H,29,30). The first-order chi connectivity index (χ1) is 13.9. The molecule has 0 spiro atoms. The van der Waals surface area contributed by atoms with E-state index in [0.29, 0.717) is 12.8 Å². The summed E-state index contributed by atoms with van der Waals surface area (Å²) >= 11 is 0. The minimum Gasteiger partial charge on any atom is -0.480 e. The first-order valence-electron chi connectivity index (χ1n) is 9.72. The molecule has 0 bridgehead atoms. The normalized spacial score (nSPS) is 20.2. The van der Waals surface area contributed by atoms with E-state index in [4.69, 9.17) is 11.5 Å². The molecule has 0 aromatic carbocycles. The molecule has 0 aromatic rings. The molecule has 12 heteroatoms. The fraction of sp³-hybridized carbons (Fsp3) is 0.722. The van der Waals surface area contributed by atoms with Crippen LogP contribution in [0.2, 0.25) is 0 Å². The number of carboxylic acid groups (broad SMARTS) is 1. The van der Waals surface area contributed by atoms with Gasteiger partial charge in [-0.15, -0.1) is 0 Å². The summed E-state index contributed by atoms with van der Waals surface area (Å²) in [6, 6.07) is -4.77. The second-order valence-electron chi connectivity index (χ2n) is 7.76. The summed E-state index contributed by atoms with van der Waals surface area (Å²) in [6.07, 6.45) is -0.842. The fourth-order valence-corrected chi connectivity index (χ4v) is 3.15. The molecule has 12 nitrogen and oxygen atoms in total. The zero-order chi connectivity index (χ0) is 23.2. The number of amides is 4. The molecule has 5 unspecified atom stereocenters. The Kier molecular flexibility index (Phi) is 9.18. The van der Waals surface area contributed by atoms with Gasteiger partial charge in [0.1, 0.15) is 24.2 Å². The number of aliphatic carboxylic acids is 1. The monoisotopic (exact) mass is 429 g/mol. The van der Waals surface area contributed by atoms with Crippen molar-refractivity contribution in [2.45, 2.75) is 70.3 Å². The van der Waals surface area contributed by atoms with Gasteiger partial charge in [-0.3, -0.25) is 19.2 Å². The molecule has 1 aliphatic rings. The van der Waals surface area contributed by atoms with E-state index in [1.165, 1.54) is 11.8 Å². The number of rotatable bonds is 10. The van der Waals surface area contributed by atoms with Crippen LogP contribution in [0, 0.1) is 5.92 Å². The third-order valence-electron chi connectivity index (χ3n) is 4.91. The maximum atomic E-state index is 12.7. The van der Waals surface area contributed by atoms with Crippen LogP contribution in [-0.4, -0.2) is 81.5 Å². The number of carbonyl (C=O) groups excluding carboxylic acids is 4. The van der Waals surface area contributed by atoms with Gasteiger partial charge in [0.05, 0.1) is 12.5 Å². The van der Waals surface area contributed by atoms with Gasteiger partial charge >= 0.3 is 5.97 Å². The number of aliphatic hydroxyl groups excluding tert-OH is 1. The van der Waals surface area contributed by atoms with Crippen molar-refractivity contribution in [1.82, 2.24) is 15.5 Å². The summed E-state index contributed by atoms with van der Waals surface area (Å²) < 4.78 is 0. The molecule has 8 N–H and O–H groups in total. The van der Waals surface area contributed by atoms with Crippen molar-refractivity contribution < 1.29 is 34.2 Å². The summed E-state index contributed by atoms with van der Waals surface area (Å²) in [7, 11) is 0. The van der Waals surface area contributed by atoms with E-state index < -0.39 is 72.2 Å². The van der Waals surface area contributed by atoms with E-state index in [0.717, 1.165) is 0 Å². The van der Waals surface area contributed by atoms with E-state index in [-0.39, 0.29) is 6.54 Å². The minimum atomic E-state index is -1.40. The molecule has 0 radical (unpaired) electrons. The van der Waals surface area contributed by atoms with Crippen LogP contribution in [0.15, 0.2) is 0 Å². The Morgan fingerprint density at radius 2 is 1.73 bits per heavy atom. The number of hydrogen-bond acceptors (Lipinski definition) is 7. The molecule has 4 amide bonds. The molecular weight excluding hydrogens is 398 g/mol. The summed E-state index contributed by atoms with van der Waals surface area (Å²) in [5.74, 6) is -4.76. The smallest absolute Gasteiger partial charge is 0.326 e. The van der Waals surface area contributed by atoms with Crippen LogP contribution in [0.1, 0.15) is 40.0 Å². The maximum Gasteiger partial charge on any atom is 0.326 e. The van der Waals surface area contributed by atoms with Crippen LogP contribution >= 0.6 is 0 Å². The van der Waals surface area contributed by atoms with Crippen molar-refractivity contribution in [3.05, 3.63) is 0 Å². The van der Waals surface area contributed by atoms with Crippen LogP contribution in [0.5, 0.6) is 0 Å². The van der Waals surface area contributed by atoms with Gasteiger partial charge in [0.2, 0.25) is 23.6 Å². The number of aliphatic hydroxyl groups is 1. The van der Waals surface area contributed by atoms with Gasteiger partial charge in [-0.2, -0.15) is 0 Å². The number of primary amides is 1. The van der Waals surface area contributed by atoms with Gasteiger partial charge in [-0.25, -0.2) is 4.79 Å². The first kappa shape index (κ1) is 25.3. The highest BCUT2D eigenvalue weighted by atomic mass is 16.4. The van der Waals surface area contributed by atoms with Gasteiger partial charge in [0.15, 0.2) is 0 Å². The lowest BCUT2D eigenvalue weighted by atomic mass is 10.0. The van der Waals surface area contributed by atoms with E-state index in [9.17, 15) is 34.2 Å². The molecule has 1 fully saturated rings. The van der Waals surface area contributed by atoms with Gasteiger partial charge in [-0.1, -0.05) is 13.8 Å². The molecule has 0 saturated carbocycles. The number of likely N-dealkylation sites (tertiary alicyclic amines) is 1. The van der Waals surface area contributed by atoms with Crippen molar-refractivity contribution in [3.63, 3.8) is 0 Å². The molecule has 0 aromatic heterocycles. The molecule has 1 saturated heterocycles. The summed E-state index contributed by atoms with van der Waals surface area (Å²) in [6.45, 7) is 4.79. The number of nitrogens with zero attached hydrogens (tertiary/aromatic N) is 1. The zero-order valence-electron chi connectivity index (χ0n) is 17.3. The quantitative estimate of drug-likeness (QED) is 0.214. The highest BCUT2D eigenvalue weighted by Crippen LogP contribution is 2.19. The summed E-state index contributed by atoms with van der Waals surface area (Å²) in [5.41, 5.74) is 10.8. The van der Waals surface area contributed by atoms with Crippen molar-refractivity contribution in [2.75, 3.05) is 6.54 Å². The molecule has 1 heterocycles. The van der Waals surface area contributed by atoms with Crippen LogP contribution in [0.3, 0.4) is 0 Å². The van der Waals surface area contributed by atoms with Crippen LogP contribution in [0.4, 0.5) is 0 Å². The molecule has 5 atom stereocenters. The Bertz CT molecular complexity index is 682. The Morgan fingerprint density at radius 3 is 2.20 bits per heavy atom. The Labute approximate surface area is 174 Å². The molecule has 0 aliphatic carbocycles. The molecule has 170 valence electrons. The Balaban J connectivity index is 2.94. The predicted molar refractivity (Wildman–Crippen MR) is 105 cm³/mol. The van der Waals surface area contributed by atoms with E-state index >= 15 is 0 Å². The van der Waals surface area contributed by atoms with Crippen molar-refractivity contribution in [1.29, 1.82) is 0 Å². The topological polar surface area (TPSA) is 205 Å². The first-order valence-corrected chi connectivity index (χ1v) is 9.72. The number of nitrogens with one attached hydrogen (secondary N) is 2. The van der Waals surface area contributed by atoms with Crippen molar-refractivity contribution in [2.24, 2.45) is 17.4 Å². The lowest BCUT2D eigenvalue weighted by Crippen LogP contribution is -2.58. The largest absolute Gasteiger partial charge is 0.480 e. The van der Waals surface area contributed by atoms with Gasteiger partial charge in [-0.05, 0) is 25.7 Å². The van der Waals surface area contributed by atoms with Crippen LogP contribution in [-0.2, 0) is 24.0 Å². The van der Waals surface area contributed by atoms with Gasteiger partial charge < -0.3 is 37.2 Å². The maximum absolute atomic E-state index is 12.7. The summed E-state index contributed by atoms with van der Waals surface area (Å²) in [5, 5.41) is 23.4. The third kappa shape index (κ3) is 6.66. The number of hydrogen-bond donors (Lipinski definition) is 6. The van der Waals surface area contributed by atoms with Crippen molar-refractivity contribution in [3.8, 4) is 0 Å². The van der Waals surface area contributed by atoms with Crippen LogP contribution in [0.25, 0.3) is 0 Å². The van der Waals surface area contributed by atoms with Gasteiger partial charge in [0.25, 0.3) is 0 Å². The number of carboxylic acids is 1. The van der Waals surface area contributed by atoms with E-state index in [2.05, 4.69) is 10.6 Å². The second-order valence-corrected chi connectivity index (χ2v) is 7.76. The van der Waals surface area contributed by atoms with E-state index in [1.54, 1.807) is 13.8 Å². The third-order valence-corrected chi connectivity index (χ3v) is 4.91. The molecule has 1 aliphatic heterocycles.